The third kappa shape index (κ3) is 2.82. The standard InChI is InChI=1S/C12H15N3O2/c13-11(16)8-3-1-4-9(7-8)15-12(17)10-5-2-6-14-10/h1,3-4,7,10,14H,2,5-6H2,(H2,13,16)(H,15,17)/t10-/m1/s1. The smallest absolute Gasteiger partial charge is 0.248 e. The summed E-state index contributed by atoms with van der Waals surface area (Å²) in [6.07, 6.45) is 1.86. The SMILES string of the molecule is NC(=O)c1cccc(NC(=O)[C@H]2CCCN2)c1. The van der Waals surface area contributed by atoms with Gasteiger partial charge in [0.25, 0.3) is 0 Å². The van der Waals surface area contributed by atoms with Crippen LogP contribution in [0, 0.1) is 0 Å². The summed E-state index contributed by atoms with van der Waals surface area (Å²) in [5, 5.41) is 5.88. The van der Waals surface area contributed by atoms with Gasteiger partial charge in [-0.05, 0) is 37.6 Å². The van der Waals surface area contributed by atoms with E-state index in [0.717, 1.165) is 19.4 Å². The summed E-state index contributed by atoms with van der Waals surface area (Å²) in [5.74, 6) is -0.566. The van der Waals surface area contributed by atoms with E-state index in [1.807, 2.05) is 0 Å². The van der Waals surface area contributed by atoms with Crippen LogP contribution in [-0.4, -0.2) is 24.4 Å². The molecule has 1 saturated heterocycles. The van der Waals surface area contributed by atoms with Crippen molar-refractivity contribution in [1.29, 1.82) is 0 Å². The van der Waals surface area contributed by atoms with Gasteiger partial charge in [0.1, 0.15) is 0 Å². The zero-order valence-electron chi connectivity index (χ0n) is 9.40. The number of benzene rings is 1. The van der Waals surface area contributed by atoms with E-state index in [2.05, 4.69) is 10.6 Å². The predicted octanol–water partition coefficient (Wildman–Crippen LogP) is 0.476. The molecule has 90 valence electrons. The van der Waals surface area contributed by atoms with Gasteiger partial charge >= 0.3 is 0 Å². The Labute approximate surface area is 99.4 Å². The van der Waals surface area contributed by atoms with E-state index >= 15 is 0 Å². The van der Waals surface area contributed by atoms with Crippen LogP contribution in [-0.2, 0) is 4.79 Å². The Morgan fingerprint density at radius 3 is 2.88 bits per heavy atom. The summed E-state index contributed by atoms with van der Waals surface area (Å²) < 4.78 is 0. The van der Waals surface area contributed by atoms with Gasteiger partial charge in [-0.1, -0.05) is 6.07 Å². The molecular weight excluding hydrogens is 218 g/mol. The zero-order chi connectivity index (χ0) is 12.3. The molecule has 0 aliphatic carbocycles. The van der Waals surface area contributed by atoms with E-state index in [9.17, 15) is 9.59 Å². The van der Waals surface area contributed by atoms with Crippen LogP contribution < -0.4 is 16.4 Å². The highest BCUT2D eigenvalue weighted by Gasteiger charge is 2.21. The number of carbonyl (C=O) groups is 2. The molecule has 1 aliphatic heterocycles. The highest BCUT2D eigenvalue weighted by Crippen LogP contribution is 2.12. The summed E-state index contributed by atoms with van der Waals surface area (Å²) in [6.45, 7) is 0.874. The first kappa shape index (κ1) is 11.6. The molecule has 1 heterocycles. The van der Waals surface area contributed by atoms with Crippen molar-refractivity contribution in [2.24, 2.45) is 5.73 Å². The average Bonchev–Trinajstić information content (AvgIpc) is 2.82. The fraction of sp³-hybridized carbons (Fsp3) is 0.333. The first-order valence-corrected chi connectivity index (χ1v) is 5.61. The second-order valence-corrected chi connectivity index (χ2v) is 4.08. The molecule has 2 amide bonds. The van der Waals surface area contributed by atoms with Crippen LogP contribution in [0.5, 0.6) is 0 Å². The quantitative estimate of drug-likeness (QED) is 0.709. The summed E-state index contributed by atoms with van der Waals surface area (Å²) in [7, 11) is 0. The second kappa shape index (κ2) is 4.97. The van der Waals surface area contributed by atoms with Crippen LogP contribution in [0.15, 0.2) is 24.3 Å². The maximum Gasteiger partial charge on any atom is 0.248 e. The molecule has 1 aromatic rings. The molecule has 4 N–H and O–H groups in total. The number of hydrogen-bond acceptors (Lipinski definition) is 3. The van der Waals surface area contributed by atoms with Gasteiger partial charge in [-0.3, -0.25) is 9.59 Å². The highest BCUT2D eigenvalue weighted by atomic mass is 16.2. The van der Waals surface area contributed by atoms with Crippen LogP contribution in [0.3, 0.4) is 0 Å². The van der Waals surface area contributed by atoms with E-state index in [1.54, 1.807) is 24.3 Å². The molecule has 0 radical (unpaired) electrons. The topological polar surface area (TPSA) is 84.2 Å². The van der Waals surface area contributed by atoms with Gasteiger partial charge in [0.05, 0.1) is 6.04 Å². The van der Waals surface area contributed by atoms with Crippen LogP contribution in [0.25, 0.3) is 0 Å². The number of hydrogen-bond donors (Lipinski definition) is 3. The van der Waals surface area contributed by atoms with Crippen molar-refractivity contribution in [3.63, 3.8) is 0 Å². The second-order valence-electron chi connectivity index (χ2n) is 4.08. The van der Waals surface area contributed by atoms with Gasteiger partial charge in [0, 0.05) is 11.3 Å². The Bertz CT molecular complexity index is 439. The summed E-state index contributed by atoms with van der Waals surface area (Å²) in [5.41, 5.74) is 6.16. The van der Waals surface area contributed by atoms with Gasteiger partial charge < -0.3 is 16.4 Å². The fourth-order valence-corrected chi connectivity index (χ4v) is 1.89. The molecule has 17 heavy (non-hydrogen) atoms. The molecule has 0 bridgehead atoms. The van der Waals surface area contributed by atoms with E-state index in [0.29, 0.717) is 11.3 Å². The lowest BCUT2D eigenvalue weighted by molar-refractivity contribution is -0.117. The van der Waals surface area contributed by atoms with Gasteiger partial charge in [0.2, 0.25) is 11.8 Å². The molecule has 1 aliphatic rings. The summed E-state index contributed by atoms with van der Waals surface area (Å²) in [6, 6.07) is 6.49. The van der Waals surface area contributed by atoms with Crippen LogP contribution in [0.4, 0.5) is 5.69 Å². The predicted molar refractivity (Wildman–Crippen MR) is 64.6 cm³/mol. The van der Waals surface area contributed by atoms with Crippen molar-refractivity contribution < 1.29 is 9.59 Å². The number of nitrogens with two attached hydrogens (primary N) is 1. The van der Waals surface area contributed by atoms with Gasteiger partial charge in [-0.15, -0.1) is 0 Å². The molecule has 0 unspecified atom stereocenters. The van der Waals surface area contributed by atoms with Gasteiger partial charge in [0.15, 0.2) is 0 Å². The van der Waals surface area contributed by atoms with Gasteiger partial charge in [-0.25, -0.2) is 0 Å². The van der Waals surface area contributed by atoms with E-state index in [1.165, 1.54) is 0 Å². The van der Waals surface area contributed by atoms with E-state index in [4.69, 9.17) is 5.73 Å². The lowest BCUT2D eigenvalue weighted by atomic mass is 10.1. The first-order chi connectivity index (χ1) is 8.16. The minimum absolute atomic E-state index is 0.0656. The minimum atomic E-state index is -0.500. The fourth-order valence-electron chi connectivity index (χ4n) is 1.89. The van der Waals surface area contributed by atoms with E-state index in [-0.39, 0.29) is 11.9 Å². The number of carbonyl (C=O) groups excluding carboxylic acids is 2. The largest absolute Gasteiger partial charge is 0.366 e. The van der Waals surface area contributed by atoms with Gasteiger partial charge in [-0.2, -0.15) is 0 Å². The Balaban J connectivity index is 2.05. The lowest BCUT2D eigenvalue weighted by Gasteiger charge is -2.11. The Kier molecular flexibility index (Phi) is 3.39. The zero-order valence-corrected chi connectivity index (χ0v) is 9.40. The monoisotopic (exact) mass is 233 g/mol. The molecule has 0 spiro atoms. The molecule has 5 nitrogen and oxygen atoms in total. The van der Waals surface area contributed by atoms with Crippen molar-refractivity contribution in [2.75, 3.05) is 11.9 Å². The third-order valence-electron chi connectivity index (χ3n) is 2.79. The summed E-state index contributed by atoms with van der Waals surface area (Å²) in [4.78, 5) is 22.8. The number of anilines is 1. The number of amides is 2. The molecule has 0 saturated carbocycles. The maximum atomic E-state index is 11.8. The molecule has 1 aromatic carbocycles. The van der Waals surface area contributed by atoms with Crippen LogP contribution >= 0.6 is 0 Å². The Morgan fingerprint density at radius 1 is 1.41 bits per heavy atom. The third-order valence-corrected chi connectivity index (χ3v) is 2.79. The Morgan fingerprint density at radius 2 is 2.24 bits per heavy atom. The van der Waals surface area contributed by atoms with Crippen molar-refractivity contribution >= 4 is 17.5 Å². The van der Waals surface area contributed by atoms with Crippen molar-refractivity contribution in [2.45, 2.75) is 18.9 Å². The molecule has 1 atom stereocenters. The summed E-state index contributed by atoms with van der Waals surface area (Å²) >= 11 is 0. The van der Waals surface area contributed by atoms with Crippen LogP contribution in [0.1, 0.15) is 23.2 Å². The van der Waals surface area contributed by atoms with Crippen LogP contribution in [0.2, 0.25) is 0 Å². The maximum absolute atomic E-state index is 11.8. The minimum Gasteiger partial charge on any atom is -0.366 e. The number of rotatable bonds is 3. The molecule has 2 rings (SSSR count). The van der Waals surface area contributed by atoms with Crippen molar-refractivity contribution in [3.8, 4) is 0 Å². The first-order valence-electron chi connectivity index (χ1n) is 5.61. The molecular formula is C12H15N3O2. The molecule has 1 fully saturated rings. The number of primary amides is 1. The van der Waals surface area contributed by atoms with E-state index < -0.39 is 5.91 Å². The van der Waals surface area contributed by atoms with Crippen molar-refractivity contribution in [1.82, 2.24) is 5.32 Å². The van der Waals surface area contributed by atoms with Crippen molar-refractivity contribution in [3.05, 3.63) is 29.8 Å². The molecule has 0 aromatic heterocycles. The number of nitrogens with one attached hydrogen (secondary N) is 2. The highest BCUT2D eigenvalue weighted by molar-refractivity contribution is 5.98. The average molecular weight is 233 g/mol. The Hall–Kier alpha value is -1.88. The normalized spacial score (nSPS) is 18.9. The molecule has 5 heteroatoms. The lowest BCUT2D eigenvalue weighted by Crippen LogP contribution is -2.35.